The summed E-state index contributed by atoms with van der Waals surface area (Å²) < 4.78 is 27.8. The second-order valence-electron chi connectivity index (χ2n) is 6.69. The van der Waals surface area contributed by atoms with Crippen molar-refractivity contribution in [2.45, 2.75) is 24.7 Å². The molecule has 0 radical (unpaired) electrons. The minimum absolute atomic E-state index is 0.00835. The summed E-state index contributed by atoms with van der Waals surface area (Å²) in [6.07, 6.45) is 4.72. The Bertz CT molecular complexity index is 911. The molecule has 144 valence electrons. The first kappa shape index (κ1) is 19.8. The number of amides is 1. The second kappa shape index (κ2) is 8.37. The highest BCUT2D eigenvalue weighted by Crippen LogP contribution is 2.23. The first-order valence-electron chi connectivity index (χ1n) is 8.82. The molecule has 1 aromatic carbocycles. The summed E-state index contributed by atoms with van der Waals surface area (Å²) in [5.41, 5.74) is 1.17. The van der Waals surface area contributed by atoms with Crippen LogP contribution in [0.1, 0.15) is 28.8 Å². The van der Waals surface area contributed by atoms with Crippen molar-refractivity contribution in [2.24, 2.45) is 5.92 Å². The SMILES string of the molecule is Cc1c(Cl)cccc1S(=O)(=O)NCC1CCN(C(=O)c2ccncc2)CC1. The van der Waals surface area contributed by atoms with Crippen LogP contribution in [0.15, 0.2) is 47.6 Å². The van der Waals surface area contributed by atoms with Crippen LogP contribution in [0.4, 0.5) is 0 Å². The minimum atomic E-state index is -3.61. The lowest BCUT2D eigenvalue weighted by atomic mass is 9.97. The van der Waals surface area contributed by atoms with Crippen LogP contribution >= 0.6 is 11.6 Å². The Morgan fingerprint density at radius 1 is 1.22 bits per heavy atom. The third-order valence-electron chi connectivity index (χ3n) is 4.90. The normalized spacial score (nSPS) is 15.7. The molecule has 1 aliphatic heterocycles. The van der Waals surface area contributed by atoms with Gasteiger partial charge in [-0.05, 0) is 55.5 Å². The molecule has 3 rings (SSSR count). The maximum Gasteiger partial charge on any atom is 0.253 e. The van der Waals surface area contributed by atoms with Crippen LogP contribution in [-0.2, 0) is 10.0 Å². The molecule has 0 unspecified atom stereocenters. The standard InChI is InChI=1S/C19H22ClN3O3S/c1-14-17(20)3-2-4-18(14)27(25,26)22-13-15-7-11-23(12-8-15)19(24)16-5-9-21-10-6-16/h2-6,9-10,15,22H,7-8,11-13H2,1H3. The summed E-state index contributed by atoms with van der Waals surface area (Å²) >= 11 is 6.03. The number of hydrogen-bond acceptors (Lipinski definition) is 4. The van der Waals surface area contributed by atoms with Gasteiger partial charge in [0.15, 0.2) is 0 Å². The first-order chi connectivity index (χ1) is 12.9. The summed E-state index contributed by atoms with van der Waals surface area (Å²) in [6, 6.07) is 8.27. The molecule has 0 bridgehead atoms. The van der Waals surface area contributed by atoms with Crippen molar-refractivity contribution in [3.8, 4) is 0 Å². The number of hydrogen-bond donors (Lipinski definition) is 1. The van der Waals surface area contributed by atoms with E-state index in [2.05, 4.69) is 9.71 Å². The van der Waals surface area contributed by atoms with Crippen molar-refractivity contribution < 1.29 is 13.2 Å². The molecule has 0 aliphatic carbocycles. The van der Waals surface area contributed by atoms with Gasteiger partial charge in [-0.1, -0.05) is 17.7 Å². The number of halogens is 1. The number of benzene rings is 1. The van der Waals surface area contributed by atoms with Crippen molar-refractivity contribution in [3.63, 3.8) is 0 Å². The number of carbonyl (C=O) groups excluding carboxylic acids is 1. The average Bonchev–Trinajstić information content (AvgIpc) is 2.69. The van der Waals surface area contributed by atoms with Gasteiger partial charge in [0.05, 0.1) is 4.90 Å². The Balaban J connectivity index is 1.55. The lowest BCUT2D eigenvalue weighted by Gasteiger charge is -2.32. The van der Waals surface area contributed by atoms with Gasteiger partial charge < -0.3 is 4.90 Å². The molecular formula is C19H22ClN3O3S. The average molecular weight is 408 g/mol. The summed E-state index contributed by atoms with van der Waals surface area (Å²) in [4.78, 5) is 18.4. The fraction of sp³-hybridized carbons (Fsp3) is 0.368. The Labute approximate surface area is 164 Å². The zero-order valence-corrected chi connectivity index (χ0v) is 16.6. The highest BCUT2D eigenvalue weighted by Gasteiger charge is 2.25. The molecule has 0 atom stereocenters. The molecule has 2 heterocycles. The summed E-state index contributed by atoms with van der Waals surface area (Å²) in [5, 5.41) is 0.431. The van der Waals surface area contributed by atoms with E-state index in [9.17, 15) is 13.2 Å². The number of rotatable bonds is 5. The molecular weight excluding hydrogens is 386 g/mol. The topological polar surface area (TPSA) is 79.4 Å². The van der Waals surface area contributed by atoms with E-state index < -0.39 is 10.0 Å². The highest BCUT2D eigenvalue weighted by atomic mass is 35.5. The lowest BCUT2D eigenvalue weighted by Crippen LogP contribution is -2.41. The zero-order valence-electron chi connectivity index (χ0n) is 15.1. The molecule has 1 aromatic heterocycles. The molecule has 1 saturated heterocycles. The van der Waals surface area contributed by atoms with E-state index >= 15 is 0 Å². The van der Waals surface area contributed by atoms with E-state index in [-0.39, 0.29) is 16.7 Å². The van der Waals surface area contributed by atoms with E-state index in [1.54, 1.807) is 54.5 Å². The Hall–Kier alpha value is -1.96. The van der Waals surface area contributed by atoms with Crippen molar-refractivity contribution >= 4 is 27.5 Å². The smallest absolute Gasteiger partial charge is 0.253 e. The van der Waals surface area contributed by atoms with Crippen LogP contribution < -0.4 is 4.72 Å². The fourth-order valence-electron chi connectivity index (χ4n) is 3.20. The van der Waals surface area contributed by atoms with Crippen molar-refractivity contribution in [3.05, 3.63) is 58.9 Å². The monoisotopic (exact) mass is 407 g/mol. The molecule has 1 aliphatic rings. The third-order valence-corrected chi connectivity index (χ3v) is 6.88. The number of nitrogens with zero attached hydrogens (tertiary/aromatic N) is 2. The van der Waals surface area contributed by atoms with Crippen LogP contribution in [0.5, 0.6) is 0 Å². The van der Waals surface area contributed by atoms with Gasteiger partial charge in [-0.25, -0.2) is 13.1 Å². The van der Waals surface area contributed by atoms with Crippen LogP contribution in [0, 0.1) is 12.8 Å². The lowest BCUT2D eigenvalue weighted by molar-refractivity contribution is 0.0692. The number of sulfonamides is 1. The van der Waals surface area contributed by atoms with E-state index in [1.807, 2.05) is 0 Å². The maximum absolute atomic E-state index is 12.6. The molecule has 6 nitrogen and oxygen atoms in total. The van der Waals surface area contributed by atoms with E-state index in [0.717, 1.165) is 12.8 Å². The minimum Gasteiger partial charge on any atom is -0.339 e. The van der Waals surface area contributed by atoms with Gasteiger partial charge in [-0.3, -0.25) is 9.78 Å². The van der Waals surface area contributed by atoms with E-state index in [4.69, 9.17) is 11.6 Å². The largest absolute Gasteiger partial charge is 0.339 e. The molecule has 0 saturated carbocycles. The van der Waals surface area contributed by atoms with Gasteiger partial charge in [-0.2, -0.15) is 0 Å². The second-order valence-corrected chi connectivity index (χ2v) is 8.83. The maximum atomic E-state index is 12.6. The first-order valence-corrected chi connectivity index (χ1v) is 10.7. The molecule has 1 N–H and O–H groups in total. The number of aromatic nitrogens is 1. The van der Waals surface area contributed by atoms with Crippen molar-refractivity contribution in [2.75, 3.05) is 19.6 Å². The van der Waals surface area contributed by atoms with Crippen LogP contribution in [0.2, 0.25) is 5.02 Å². The number of likely N-dealkylation sites (tertiary alicyclic amines) is 1. The highest BCUT2D eigenvalue weighted by molar-refractivity contribution is 7.89. The number of nitrogens with one attached hydrogen (secondary N) is 1. The predicted octanol–water partition coefficient (Wildman–Crippen LogP) is 2.87. The van der Waals surface area contributed by atoms with Crippen LogP contribution in [0.25, 0.3) is 0 Å². The molecule has 2 aromatic rings. The van der Waals surface area contributed by atoms with Crippen molar-refractivity contribution in [1.29, 1.82) is 0 Å². The zero-order chi connectivity index (χ0) is 19.4. The molecule has 27 heavy (non-hydrogen) atoms. The van der Waals surface area contributed by atoms with Gasteiger partial charge in [0, 0.05) is 42.6 Å². The Morgan fingerprint density at radius 2 is 1.89 bits per heavy atom. The number of pyridine rings is 1. The fourth-order valence-corrected chi connectivity index (χ4v) is 4.81. The number of piperidine rings is 1. The third kappa shape index (κ3) is 4.66. The van der Waals surface area contributed by atoms with Gasteiger partial charge in [-0.15, -0.1) is 0 Å². The number of carbonyl (C=O) groups is 1. The molecule has 1 fully saturated rings. The van der Waals surface area contributed by atoms with Gasteiger partial charge in [0.2, 0.25) is 10.0 Å². The van der Waals surface area contributed by atoms with E-state index in [1.165, 1.54) is 0 Å². The molecule has 8 heteroatoms. The molecule has 1 amide bonds. The molecule has 0 spiro atoms. The Morgan fingerprint density at radius 3 is 2.56 bits per heavy atom. The summed E-state index contributed by atoms with van der Waals surface area (Å²) in [5.74, 6) is 0.187. The van der Waals surface area contributed by atoms with Gasteiger partial charge in [0.25, 0.3) is 5.91 Å². The quantitative estimate of drug-likeness (QED) is 0.826. The van der Waals surface area contributed by atoms with Gasteiger partial charge in [0.1, 0.15) is 0 Å². The summed E-state index contributed by atoms with van der Waals surface area (Å²) in [6.45, 7) is 3.28. The van der Waals surface area contributed by atoms with Crippen LogP contribution in [0.3, 0.4) is 0 Å². The van der Waals surface area contributed by atoms with Crippen molar-refractivity contribution in [1.82, 2.24) is 14.6 Å². The summed E-state index contributed by atoms with van der Waals surface area (Å²) in [7, 11) is -3.61. The van der Waals surface area contributed by atoms with Crippen LogP contribution in [-0.4, -0.2) is 43.8 Å². The Kier molecular flexibility index (Phi) is 6.14. The van der Waals surface area contributed by atoms with E-state index in [0.29, 0.717) is 35.8 Å². The van der Waals surface area contributed by atoms with Gasteiger partial charge >= 0.3 is 0 Å². The predicted molar refractivity (Wildman–Crippen MR) is 104 cm³/mol.